The zero-order chi connectivity index (χ0) is 13.2. The van der Waals surface area contributed by atoms with Gasteiger partial charge in [-0.2, -0.15) is 0 Å². The van der Waals surface area contributed by atoms with Crippen molar-refractivity contribution in [3.8, 4) is 0 Å². The van der Waals surface area contributed by atoms with E-state index < -0.39 is 5.60 Å². The molecule has 1 aliphatic rings. The summed E-state index contributed by atoms with van der Waals surface area (Å²) in [5.41, 5.74) is -0.0416. The number of aliphatic hydroxyl groups is 1. The summed E-state index contributed by atoms with van der Waals surface area (Å²) in [6.45, 7) is 3.58. The van der Waals surface area contributed by atoms with Crippen LogP contribution in [0.2, 0.25) is 5.02 Å². The monoisotopic (exact) mass is 267 g/mol. The smallest absolute Gasteiger partial charge is 0.176 e. The Bertz CT molecular complexity index is 445. The standard InChI is InChI=1S/C14H18ClNO2/c1-14(18)6-3-7-16(10-14)9-13(17)11-4-2-5-12(15)8-11/h2,4-5,8,18H,3,6-7,9-10H2,1H3. The van der Waals surface area contributed by atoms with E-state index in [0.717, 1.165) is 19.4 Å². The summed E-state index contributed by atoms with van der Waals surface area (Å²) in [6.07, 6.45) is 1.73. The number of nitrogens with zero attached hydrogens (tertiary/aromatic N) is 1. The molecule has 18 heavy (non-hydrogen) atoms. The van der Waals surface area contributed by atoms with Crippen LogP contribution in [0.5, 0.6) is 0 Å². The SMILES string of the molecule is CC1(O)CCCN(CC(=O)c2cccc(Cl)c2)C1. The first-order chi connectivity index (χ1) is 8.46. The molecule has 3 nitrogen and oxygen atoms in total. The molecule has 2 rings (SSSR count). The highest BCUT2D eigenvalue weighted by molar-refractivity contribution is 6.31. The van der Waals surface area contributed by atoms with Crippen LogP contribution in [0.1, 0.15) is 30.1 Å². The van der Waals surface area contributed by atoms with Gasteiger partial charge in [-0.1, -0.05) is 23.7 Å². The van der Waals surface area contributed by atoms with Crippen molar-refractivity contribution in [1.82, 2.24) is 4.90 Å². The Balaban J connectivity index is 1.99. The lowest BCUT2D eigenvalue weighted by molar-refractivity contribution is -0.0132. The Labute approximate surface area is 112 Å². The molecule has 1 fully saturated rings. The van der Waals surface area contributed by atoms with E-state index in [2.05, 4.69) is 0 Å². The molecule has 1 unspecified atom stereocenters. The molecule has 4 heteroatoms. The first-order valence-electron chi connectivity index (χ1n) is 6.20. The second-order valence-electron chi connectivity index (χ2n) is 5.24. The second kappa shape index (κ2) is 5.39. The number of hydrogen-bond acceptors (Lipinski definition) is 3. The summed E-state index contributed by atoms with van der Waals surface area (Å²) in [5.74, 6) is 0.0511. The Morgan fingerprint density at radius 3 is 3.00 bits per heavy atom. The molecule has 0 saturated carbocycles. The van der Waals surface area contributed by atoms with Gasteiger partial charge in [-0.25, -0.2) is 0 Å². The van der Waals surface area contributed by atoms with Crippen molar-refractivity contribution < 1.29 is 9.90 Å². The van der Waals surface area contributed by atoms with Crippen molar-refractivity contribution >= 4 is 17.4 Å². The van der Waals surface area contributed by atoms with Crippen LogP contribution in [-0.2, 0) is 0 Å². The van der Waals surface area contributed by atoms with Gasteiger partial charge in [0.05, 0.1) is 12.1 Å². The second-order valence-corrected chi connectivity index (χ2v) is 5.68. The Morgan fingerprint density at radius 2 is 2.33 bits per heavy atom. The van der Waals surface area contributed by atoms with Crippen molar-refractivity contribution in [3.05, 3.63) is 34.9 Å². The van der Waals surface area contributed by atoms with E-state index >= 15 is 0 Å². The number of Topliss-reactive ketones (excluding diaryl/α,β-unsaturated/α-hetero) is 1. The lowest BCUT2D eigenvalue weighted by atomic mass is 9.95. The highest BCUT2D eigenvalue weighted by atomic mass is 35.5. The van der Waals surface area contributed by atoms with Gasteiger partial charge in [0.15, 0.2) is 5.78 Å². The largest absolute Gasteiger partial charge is 0.389 e. The number of halogens is 1. The van der Waals surface area contributed by atoms with Crippen LogP contribution in [0.15, 0.2) is 24.3 Å². The number of piperidine rings is 1. The summed E-state index contributed by atoms with van der Waals surface area (Å²) in [4.78, 5) is 14.1. The normalized spacial score (nSPS) is 25.1. The molecule has 1 N–H and O–H groups in total. The molecule has 1 aliphatic heterocycles. The number of β-amino-alcohol motifs (C(OH)–C–C–N with tert-alkyl or cyclic N) is 1. The topological polar surface area (TPSA) is 40.5 Å². The average molecular weight is 268 g/mol. The number of benzene rings is 1. The first kappa shape index (κ1) is 13.5. The lowest BCUT2D eigenvalue weighted by Gasteiger charge is -2.36. The molecule has 0 spiro atoms. The molecule has 1 saturated heterocycles. The van der Waals surface area contributed by atoms with Crippen molar-refractivity contribution in [3.63, 3.8) is 0 Å². The molecule has 0 amide bonds. The van der Waals surface area contributed by atoms with E-state index in [-0.39, 0.29) is 5.78 Å². The number of ketones is 1. The maximum atomic E-state index is 12.1. The third kappa shape index (κ3) is 3.55. The van der Waals surface area contributed by atoms with Gasteiger partial charge < -0.3 is 5.11 Å². The van der Waals surface area contributed by atoms with Gasteiger partial charge in [0.25, 0.3) is 0 Å². The quantitative estimate of drug-likeness (QED) is 0.855. The van der Waals surface area contributed by atoms with E-state index in [1.165, 1.54) is 0 Å². The highest BCUT2D eigenvalue weighted by Gasteiger charge is 2.29. The Morgan fingerprint density at radius 1 is 1.56 bits per heavy atom. The van der Waals surface area contributed by atoms with Crippen LogP contribution < -0.4 is 0 Å². The van der Waals surface area contributed by atoms with Crippen LogP contribution in [-0.4, -0.2) is 41.0 Å². The number of hydrogen-bond donors (Lipinski definition) is 1. The minimum atomic E-state index is -0.674. The summed E-state index contributed by atoms with van der Waals surface area (Å²) in [7, 11) is 0. The summed E-state index contributed by atoms with van der Waals surface area (Å²) in [6, 6.07) is 6.99. The number of carbonyl (C=O) groups excluding carboxylic acids is 1. The van der Waals surface area contributed by atoms with E-state index in [4.69, 9.17) is 11.6 Å². The van der Waals surface area contributed by atoms with E-state index in [1.54, 1.807) is 24.3 Å². The van der Waals surface area contributed by atoms with E-state index in [9.17, 15) is 9.90 Å². The predicted molar refractivity (Wildman–Crippen MR) is 72.1 cm³/mol. The number of carbonyl (C=O) groups is 1. The number of rotatable bonds is 3. The van der Waals surface area contributed by atoms with Crippen LogP contribution in [0.25, 0.3) is 0 Å². The highest BCUT2D eigenvalue weighted by Crippen LogP contribution is 2.20. The van der Waals surface area contributed by atoms with Gasteiger partial charge in [-0.05, 0) is 38.4 Å². The van der Waals surface area contributed by atoms with Gasteiger partial charge in [0, 0.05) is 17.1 Å². The molecular formula is C14H18ClNO2. The Hall–Kier alpha value is -0.900. The van der Waals surface area contributed by atoms with E-state index in [1.807, 2.05) is 11.8 Å². The Kier molecular flexibility index (Phi) is 4.05. The van der Waals surface area contributed by atoms with Gasteiger partial charge in [0.1, 0.15) is 0 Å². The average Bonchev–Trinajstić information content (AvgIpc) is 2.27. The van der Waals surface area contributed by atoms with Crippen molar-refractivity contribution in [2.75, 3.05) is 19.6 Å². The molecule has 1 aromatic carbocycles. The maximum absolute atomic E-state index is 12.1. The van der Waals surface area contributed by atoms with Crippen LogP contribution in [0.3, 0.4) is 0 Å². The molecule has 98 valence electrons. The molecule has 1 atom stereocenters. The fourth-order valence-electron chi connectivity index (χ4n) is 2.41. The van der Waals surface area contributed by atoms with Gasteiger partial charge in [0.2, 0.25) is 0 Å². The predicted octanol–water partition coefficient (Wildman–Crippen LogP) is 2.37. The van der Waals surface area contributed by atoms with Gasteiger partial charge in [-0.15, -0.1) is 0 Å². The van der Waals surface area contributed by atoms with Crippen LogP contribution in [0.4, 0.5) is 0 Å². The minimum absolute atomic E-state index is 0.0511. The fourth-order valence-corrected chi connectivity index (χ4v) is 2.60. The van der Waals surface area contributed by atoms with E-state index in [0.29, 0.717) is 23.7 Å². The molecule has 0 radical (unpaired) electrons. The zero-order valence-corrected chi connectivity index (χ0v) is 11.3. The summed E-state index contributed by atoms with van der Waals surface area (Å²) in [5, 5.41) is 10.6. The van der Waals surface area contributed by atoms with Crippen molar-refractivity contribution in [2.45, 2.75) is 25.4 Å². The molecule has 1 aromatic rings. The summed E-state index contributed by atoms with van der Waals surface area (Å²) >= 11 is 5.87. The van der Waals surface area contributed by atoms with Crippen LogP contribution in [0, 0.1) is 0 Å². The van der Waals surface area contributed by atoms with Gasteiger partial charge >= 0.3 is 0 Å². The van der Waals surface area contributed by atoms with Crippen LogP contribution >= 0.6 is 11.6 Å². The minimum Gasteiger partial charge on any atom is -0.389 e. The van der Waals surface area contributed by atoms with Gasteiger partial charge in [-0.3, -0.25) is 9.69 Å². The molecule has 0 bridgehead atoms. The first-order valence-corrected chi connectivity index (χ1v) is 6.58. The molecular weight excluding hydrogens is 250 g/mol. The summed E-state index contributed by atoms with van der Waals surface area (Å²) < 4.78 is 0. The molecule has 0 aromatic heterocycles. The third-order valence-electron chi connectivity index (χ3n) is 3.27. The molecule has 0 aliphatic carbocycles. The van der Waals surface area contributed by atoms with Crippen molar-refractivity contribution in [2.24, 2.45) is 0 Å². The zero-order valence-electron chi connectivity index (χ0n) is 10.5. The fraction of sp³-hybridized carbons (Fsp3) is 0.500. The number of likely N-dealkylation sites (tertiary alicyclic amines) is 1. The third-order valence-corrected chi connectivity index (χ3v) is 3.50. The molecule has 1 heterocycles. The van der Waals surface area contributed by atoms with Crippen molar-refractivity contribution in [1.29, 1.82) is 0 Å². The lowest BCUT2D eigenvalue weighted by Crippen LogP contribution is -2.47. The maximum Gasteiger partial charge on any atom is 0.176 e.